The van der Waals surface area contributed by atoms with Gasteiger partial charge in [0.2, 0.25) is 0 Å². The number of alkyl halides is 1. The summed E-state index contributed by atoms with van der Waals surface area (Å²) in [4.78, 5) is 12.3. The van der Waals surface area contributed by atoms with Gasteiger partial charge in [-0.05, 0) is 6.42 Å². The van der Waals surface area contributed by atoms with Gasteiger partial charge < -0.3 is 10.1 Å². The lowest BCUT2D eigenvalue weighted by Crippen LogP contribution is -2.29. The van der Waals surface area contributed by atoms with Gasteiger partial charge in [0.1, 0.15) is 5.75 Å². The topological polar surface area (TPSA) is 38.3 Å². The van der Waals surface area contributed by atoms with Crippen LogP contribution in [0, 0.1) is 0 Å². The van der Waals surface area contributed by atoms with Gasteiger partial charge >= 0.3 is 0 Å². The summed E-state index contributed by atoms with van der Waals surface area (Å²) in [6.45, 7) is 2.58. The molecule has 0 aliphatic carbocycles. The first kappa shape index (κ1) is 13.3. The summed E-state index contributed by atoms with van der Waals surface area (Å²) < 4.78 is 5.01. The van der Waals surface area contributed by atoms with E-state index in [9.17, 15) is 4.79 Å². The van der Waals surface area contributed by atoms with Crippen LogP contribution >= 0.6 is 22.9 Å². The van der Waals surface area contributed by atoms with Crippen molar-refractivity contribution in [2.45, 2.75) is 25.1 Å². The number of hydrogen-bond donors (Lipinski definition) is 1. The Balaban J connectivity index is 2.40. The summed E-state index contributed by atoms with van der Waals surface area (Å²) in [5.41, 5.74) is 0. The average Bonchev–Trinajstić information content (AvgIpc) is 2.75. The summed E-state index contributed by atoms with van der Waals surface area (Å²) in [5.74, 6) is 0.626. The van der Waals surface area contributed by atoms with E-state index in [1.165, 1.54) is 11.3 Å². The van der Waals surface area contributed by atoms with Crippen molar-refractivity contribution in [3.63, 3.8) is 0 Å². The number of rotatable bonds is 6. The standard InChI is InChI=1S/C11H16ClNO2S/c1-3-4-8(12)6-13-11(14)10-5-9(15-2)7-16-10/h5,7-8H,3-4,6H2,1-2H3,(H,13,14). The number of methoxy groups -OCH3 is 1. The Kier molecular flexibility index (Phi) is 5.63. The Bertz CT molecular complexity index is 340. The van der Waals surface area contributed by atoms with E-state index < -0.39 is 0 Å². The maximum Gasteiger partial charge on any atom is 0.261 e. The smallest absolute Gasteiger partial charge is 0.261 e. The molecular weight excluding hydrogens is 246 g/mol. The SMILES string of the molecule is CCCC(Cl)CNC(=O)c1cc(OC)cs1. The van der Waals surface area contributed by atoms with Crippen molar-refractivity contribution >= 4 is 28.8 Å². The van der Waals surface area contributed by atoms with Crippen molar-refractivity contribution in [3.05, 3.63) is 16.3 Å². The van der Waals surface area contributed by atoms with E-state index in [2.05, 4.69) is 12.2 Å². The van der Waals surface area contributed by atoms with Gasteiger partial charge in [-0.25, -0.2) is 0 Å². The van der Waals surface area contributed by atoms with Crippen LogP contribution in [0.2, 0.25) is 0 Å². The molecule has 0 aliphatic heterocycles. The molecule has 1 amide bonds. The fourth-order valence-electron chi connectivity index (χ4n) is 1.25. The Labute approximate surface area is 105 Å². The molecule has 0 aliphatic rings. The van der Waals surface area contributed by atoms with Crippen LogP contribution in [-0.2, 0) is 0 Å². The van der Waals surface area contributed by atoms with Gasteiger partial charge in [0, 0.05) is 18.0 Å². The number of carbonyl (C=O) groups excluding carboxylic acids is 1. The molecule has 5 heteroatoms. The molecule has 1 rings (SSSR count). The summed E-state index contributed by atoms with van der Waals surface area (Å²) in [6.07, 6.45) is 1.94. The number of hydrogen-bond acceptors (Lipinski definition) is 3. The van der Waals surface area contributed by atoms with Gasteiger partial charge in [0.05, 0.1) is 17.4 Å². The van der Waals surface area contributed by atoms with E-state index in [-0.39, 0.29) is 11.3 Å². The van der Waals surface area contributed by atoms with Crippen molar-refractivity contribution in [1.82, 2.24) is 5.32 Å². The fourth-order valence-corrected chi connectivity index (χ4v) is 2.32. The molecule has 0 spiro atoms. The molecule has 90 valence electrons. The molecule has 0 saturated carbocycles. The molecule has 0 aromatic carbocycles. The van der Waals surface area contributed by atoms with Crippen molar-refractivity contribution in [2.24, 2.45) is 0 Å². The number of carbonyl (C=O) groups is 1. The van der Waals surface area contributed by atoms with Crippen molar-refractivity contribution < 1.29 is 9.53 Å². The van der Waals surface area contributed by atoms with Crippen LogP contribution in [0.3, 0.4) is 0 Å². The molecule has 1 heterocycles. The maximum absolute atomic E-state index is 11.7. The predicted molar refractivity (Wildman–Crippen MR) is 67.8 cm³/mol. The summed E-state index contributed by atoms with van der Waals surface area (Å²) in [7, 11) is 1.58. The maximum atomic E-state index is 11.7. The fraction of sp³-hybridized carbons (Fsp3) is 0.545. The van der Waals surface area contributed by atoms with E-state index in [0.717, 1.165) is 12.8 Å². The zero-order chi connectivity index (χ0) is 12.0. The molecule has 16 heavy (non-hydrogen) atoms. The molecule has 0 fully saturated rings. The highest BCUT2D eigenvalue weighted by atomic mass is 35.5. The third-order valence-corrected chi connectivity index (χ3v) is 3.40. The van der Waals surface area contributed by atoms with E-state index in [1.807, 2.05) is 0 Å². The summed E-state index contributed by atoms with van der Waals surface area (Å²) in [6, 6.07) is 1.73. The highest BCUT2D eigenvalue weighted by Gasteiger charge is 2.11. The van der Waals surface area contributed by atoms with Crippen molar-refractivity contribution in [2.75, 3.05) is 13.7 Å². The Hall–Kier alpha value is -0.740. The van der Waals surface area contributed by atoms with Crippen LogP contribution in [0.15, 0.2) is 11.4 Å². The minimum Gasteiger partial charge on any atom is -0.496 e. The van der Waals surface area contributed by atoms with Gasteiger partial charge in [-0.15, -0.1) is 22.9 Å². The minimum absolute atomic E-state index is 0.0100. The lowest BCUT2D eigenvalue weighted by Gasteiger charge is -2.08. The van der Waals surface area contributed by atoms with Crippen molar-refractivity contribution in [1.29, 1.82) is 0 Å². The largest absolute Gasteiger partial charge is 0.496 e. The van der Waals surface area contributed by atoms with E-state index >= 15 is 0 Å². The number of thiophene rings is 1. The third-order valence-electron chi connectivity index (χ3n) is 2.12. The first-order valence-electron chi connectivity index (χ1n) is 5.22. The third kappa shape index (κ3) is 4.02. The Morgan fingerprint density at radius 1 is 1.69 bits per heavy atom. The molecule has 0 saturated heterocycles. The van der Waals surface area contributed by atoms with Gasteiger partial charge in [-0.2, -0.15) is 0 Å². The molecule has 1 unspecified atom stereocenters. The molecule has 1 aromatic rings. The Morgan fingerprint density at radius 3 is 3.00 bits per heavy atom. The van der Waals surface area contributed by atoms with Crippen LogP contribution in [0.25, 0.3) is 0 Å². The lowest BCUT2D eigenvalue weighted by atomic mass is 10.2. The zero-order valence-corrected chi connectivity index (χ0v) is 11.0. The first-order chi connectivity index (χ1) is 7.67. The number of ether oxygens (including phenoxy) is 1. The van der Waals surface area contributed by atoms with Crippen LogP contribution in [0.5, 0.6) is 5.75 Å². The second-order valence-corrected chi connectivity index (χ2v) is 4.98. The van der Waals surface area contributed by atoms with Crippen LogP contribution in [0.4, 0.5) is 0 Å². The number of amides is 1. The average molecular weight is 262 g/mol. The number of halogens is 1. The summed E-state index contributed by atoms with van der Waals surface area (Å²) in [5, 5.41) is 4.62. The normalized spacial score (nSPS) is 12.2. The highest BCUT2D eigenvalue weighted by molar-refractivity contribution is 7.12. The lowest BCUT2D eigenvalue weighted by molar-refractivity contribution is 0.0957. The predicted octanol–water partition coefficient (Wildman–Crippen LogP) is 2.89. The second-order valence-electron chi connectivity index (χ2n) is 3.45. The van der Waals surface area contributed by atoms with E-state index in [0.29, 0.717) is 17.2 Å². The quantitative estimate of drug-likeness (QED) is 0.800. The molecule has 1 N–H and O–H groups in total. The van der Waals surface area contributed by atoms with Gasteiger partial charge in [0.15, 0.2) is 0 Å². The minimum atomic E-state index is -0.0879. The monoisotopic (exact) mass is 261 g/mol. The van der Waals surface area contributed by atoms with Crippen LogP contribution < -0.4 is 10.1 Å². The molecule has 0 radical (unpaired) electrons. The Morgan fingerprint density at radius 2 is 2.44 bits per heavy atom. The molecule has 1 aromatic heterocycles. The van der Waals surface area contributed by atoms with Gasteiger partial charge in [-0.1, -0.05) is 13.3 Å². The van der Waals surface area contributed by atoms with Crippen LogP contribution in [-0.4, -0.2) is 24.9 Å². The first-order valence-corrected chi connectivity index (χ1v) is 6.53. The van der Waals surface area contributed by atoms with Gasteiger partial charge in [-0.3, -0.25) is 4.79 Å². The van der Waals surface area contributed by atoms with E-state index in [1.54, 1.807) is 18.6 Å². The zero-order valence-electron chi connectivity index (χ0n) is 9.46. The van der Waals surface area contributed by atoms with Crippen molar-refractivity contribution in [3.8, 4) is 5.75 Å². The second kappa shape index (κ2) is 6.76. The molecule has 3 nitrogen and oxygen atoms in total. The molecule has 0 bridgehead atoms. The highest BCUT2D eigenvalue weighted by Crippen LogP contribution is 2.20. The van der Waals surface area contributed by atoms with Crippen LogP contribution in [0.1, 0.15) is 29.4 Å². The molecular formula is C11H16ClNO2S. The van der Waals surface area contributed by atoms with E-state index in [4.69, 9.17) is 16.3 Å². The number of nitrogens with one attached hydrogen (secondary N) is 1. The van der Waals surface area contributed by atoms with Gasteiger partial charge in [0.25, 0.3) is 5.91 Å². The summed E-state index contributed by atoms with van der Waals surface area (Å²) >= 11 is 7.38. The molecule has 1 atom stereocenters.